The molecule has 0 aliphatic heterocycles. The second-order valence-corrected chi connectivity index (χ2v) is 7.13. The van der Waals surface area contributed by atoms with Crippen LogP contribution in [0.4, 0.5) is 0 Å². The lowest BCUT2D eigenvalue weighted by atomic mass is 10.2. The zero-order valence-corrected chi connectivity index (χ0v) is 15.8. The summed E-state index contributed by atoms with van der Waals surface area (Å²) >= 11 is 7.64. The highest BCUT2D eigenvalue weighted by Crippen LogP contribution is 2.24. The summed E-state index contributed by atoms with van der Waals surface area (Å²) in [6.07, 6.45) is 1.67. The van der Waals surface area contributed by atoms with E-state index in [9.17, 15) is 4.79 Å². The molecule has 0 bridgehead atoms. The Hall–Kier alpha value is -2.37. The highest BCUT2D eigenvalue weighted by molar-refractivity contribution is 7.12. The standard InChI is InChI=1S/C19H18ClN3OS/c1-12-6-7-16(10-17(12)20)23-13(2)9-15(14(23)3)11-21-22-19(24)18-5-4-8-25-18/h4-11H,1-3H3,(H,22,24)/b21-11-. The zero-order chi connectivity index (χ0) is 18.0. The van der Waals surface area contributed by atoms with E-state index in [4.69, 9.17) is 11.6 Å². The number of halogens is 1. The fraction of sp³-hybridized carbons (Fsp3) is 0.158. The Balaban J connectivity index is 1.83. The van der Waals surface area contributed by atoms with Crippen LogP contribution in [0.15, 0.2) is 46.9 Å². The minimum absolute atomic E-state index is 0.203. The molecule has 0 radical (unpaired) electrons. The van der Waals surface area contributed by atoms with Gasteiger partial charge in [0.15, 0.2) is 0 Å². The topological polar surface area (TPSA) is 46.4 Å². The Morgan fingerprint density at radius 2 is 2.04 bits per heavy atom. The third kappa shape index (κ3) is 3.67. The normalized spacial score (nSPS) is 11.2. The third-order valence-corrected chi connectivity index (χ3v) is 5.27. The van der Waals surface area contributed by atoms with Gasteiger partial charge in [0.1, 0.15) is 0 Å². The number of nitrogens with one attached hydrogen (secondary N) is 1. The van der Waals surface area contributed by atoms with Gasteiger partial charge in [-0.25, -0.2) is 5.43 Å². The number of amides is 1. The number of hydrogen-bond acceptors (Lipinski definition) is 3. The first-order chi connectivity index (χ1) is 12.0. The molecule has 25 heavy (non-hydrogen) atoms. The van der Waals surface area contributed by atoms with Gasteiger partial charge in [0.05, 0.1) is 11.1 Å². The molecule has 0 saturated carbocycles. The van der Waals surface area contributed by atoms with Crippen LogP contribution < -0.4 is 5.43 Å². The van der Waals surface area contributed by atoms with Crippen LogP contribution in [0.25, 0.3) is 5.69 Å². The van der Waals surface area contributed by atoms with Crippen molar-refractivity contribution >= 4 is 35.1 Å². The number of nitrogens with zero attached hydrogens (tertiary/aromatic N) is 2. The average Bonchev–Trinajstić information content (AvgIpc) is 3.20. The van der Waals surface area contributed by atoms with Crippen molar-refractivity contribution < 1.29 is 4.79 Å². The molecule has 128 valence electrons. The maximum atomic E-state index is 11.9. The van der Waals surface area contributed by atoms with Crippen LogP contribution in [0.3, 0.4) is 0 Å². The van der Waals surface area contributed by atoms with Crippen LogP contribution >= 0.6 is 22.9 Å². The van der Waals surface area contributed by atoms with E-state index in [2.05, 4.69) is 15.1 Å². The van der Waals surface area contributed by atoms with Crippen LogP contribution in [0, 0.1) is 20.8 Å². The molecule has 1 amide bonds. The van der Waals surface area contributed by atoms with Crippen molar-refractivity contribution in [3.8, 4) is 5.69 Å². The van der Waals surface area contributed by atoms with E-state index in [1.165, 1.54) is 11.3 Å². The lowest BCUT2D eigenvalue weighted by Crippen LogP contribution is -2.16. The Bertz CT molecular complexity index is 942. The smallest absolute Gasteiger partial charge is 0.281 e. The fourth-order valence-corrected chi connectivity index (χ4v) is 3.45. The van der Waals surface area contributed by atoms with Crippen molar-refractivity contribution in [1.29, 1.82) is 0 Å². The van der Waals surface area contributed by atoms with Crippen molar-refractivity contribution in [2.45, 2.75) is 20.8 Å². The molecule has 0 spiro atoms. The molecule has 0 atom stereocenters. The molecule has 4 nitrogen and oxygen atoms in total. The van der Waals surface area contributed by atoms with Crippen LogP contribution in [0.1, 0.15) is 32.2 Å². The van der Waals surface area contributed by atoms with Gasteiger partial charge in [-0.05, 0) is 56.0 Å². The van der Waals surface area contributed by atoms with Crippen LogP contribution in [0.5, 0.6) is 0 Å². The van der Waals surface area contributed by atoms with Crippen molar-refractivity contribution in [2.75, 3.05) is 0 Å². The first-order valence-corrected chi connectivity index (χ1v) is 9.05. The number of thiophene rings is 1. The van der Waals surface area contributed by atoms with Crippen molar-refractivity contribution in [1.82, 2.24) is 9.99 Å². The summed E-state index contributed by atoms with van der Waals surface area (Å²) < 4.78 is 2.12. The highest BCUT2D eigenvalue weighted by atomic mass is 35.5. The number of carbonyl (C=O) groups excluding carboxylic acids is 1. The molecular formula is C19H18ClN3OS. The number of carbonyl (C=O) groups is 1. The minimum Gasteiger partial charge on any atom is -0.318 e. The summed E-state index contributed by atoms with van der Waals surface area (Å²) in [4.78, 5) is 12.5. The first kappa shape index (κ1) is 17.5. The lowest BCUT2D eigenvalue weighted by Gasteiger charge is -2.11. The van der Waals surface area contributed by atoms with Gasteiger partial charge in [0, 0.05) is 27.7 Å². The van der Waals surface area contributed by atoms with E-state index < -0.39 is 0 Å². The summed E-state index contributed by atoms with van der Waals surface area (Å²) in [5, 5.41) is 6.68. The zero-order valence-electron chi connectivity index (χ0n) is 14.2. The first-order valence-electron chi connectivity index (χ1n) is 7.79. The molecule has 2 aromatic heterocycles. The number of benzene rings is 1. The van der Waals surface area contributed by atoms with Crippen molar-refractivity contribution in [3.63, 3.8) is 0 Å². The summed E-state index contributed by atoms with van der Waals surface area (Å²) in [5.41, 5.74) is 7.66. The molecule has 0 fully saturated rings. The van der Waals surface area contributed by atoms with E-state index >= 15 is 0 Å². The number of hydrazone groups is 1. The number of rotatable bonds is 4. The Labute approximate surface area is 155 Å². The van der Waals surface area contributed by atoms with Crippen LogP contribution in [-0.2, 0) is 0 Å². The molecular weight excluding hydrogens is 354 g/mol. The second kappa shape index (κ2) is 7.25. The molecule has 0 aliphatic rings. The average molecular weight is 372 g/mol. The van der Waals surface area contributed by atoms with Gasteiger partial charge in [-0.1, -0.05) is 23.7 Å². The van der Waals surface area contributed by atoms with Gasteiger partial charge in [0.2, 0.25) is 0 Å². The molecule has 1 aromatic carbocycles. The second-order valence-electron chi connectivity index (χ2n) is 5.77. The van der Waals surface area contributed by atoms with Gasteiger partial charge in [-0.2, -0.15) is 5.10 Å². The number of aromatic nitrogens is 1. The van der Waals surface area contributed by atoms with E-state index in [1.807, 2.05) is 56.5 Å². The monoisotopic (exact) mass is 371 g/mol. The highest BCUT2D eigenvalue weighted by Gasteiger charge is 2.11. The summed E-state index contributed by atoms with van der Waals surface area (Å²) in [7, 11) is 0. The molecule has 1 N–H and O–H groups in total. The Morgan fingerprint density at radius 1 is 1.24 bits per heavy atom. The Morgan fingerprint density at radius 3 is 2.72 bits per heavy atom. The largest absolute Gasteiger partial charge is 0.318 e. The van der Waals surface area contributed by atoms with E-state index in [-0.39, 0.29) is 5.91 Å². The third-order valence-electron chi connectivity index (χ3n) is 4.00. The summed E-state index contributed by atoms with van der Waals surface area (Å²) in [6, 6.07) is 11.6. The summed E-state index contributed by atoms with van der Waals surface area (Å²) in [6.45, 7) is 6.03. The molecule has 3 aromatic rings. The maximum absolute atomic E-state index is 11.9. The van der Waals surface area contributed by atoms with Gasteiger partial charge >= 0.3 is 0 Å². The van der Waals surface area contributed by atoms with Gasteiger partial charge in [0.25, 0.3) is 5.91 Å². The summed E-state index contributed by atoms with van der Waals surface area (Å²) in [5.74, 6) is -0.203. The minimum atomic E-state index is -0.203. The fourth-order valence-electron chi connectivity index (χ4n) is 2.66. The number of hydrogen-bond donors (Lipinski definition) is 1. The lowest BCUT2D eigenvalue weighted by molar-refractivity contribution is 0.0959. The van der Waals surface area contributed by atoms with Crippen LogP contribution in [0.2, 0.25) is 5.02 Å². The predicted octanol–water partition coefficient (Wildman–Crippen LogP) is 4.88. The van der Waals surface area contributed by atoms with Gasteiger partial charge in [-0.3, -0.25) is 4.79 Å². The van der Waals surface area contributed by atoms with E-state index in [1.54, 1.807) is 12.3 Å². The van der Waals surface area contributed by atoms with Gasteiger partial charge in [-0.15, -0.1) is 11.3 Å². The van der Waals surface area contributed by atoms with E-state index in [0.29, 0.717) is 4.88 Å². The van der Waals surface area contributed by atoms with Gasteiger partial charge < -0.3 is 4.57 Å². The quantitative estimate of drug-likeness (QED) is 0.515. The van der Waals surface area contributed by atoms with E-state index in [0.717, 1.165) is 33.2 Å². The molecule has 0 unspecified atom stereocenters. The van der Waals surface area contributed by atoms with Crippen molar-refractivity contribution in [2.24, 2.45) is 5.10 Å². The molecule has 2 heterocycles. The SMILES string of the molecule is Cc1ccc(-n2c(C)cc(/C=N\NC(=O)c3cccs3)c2C)cc1Cl. The molecule has 0 saturated heterocycles. The molecule has 3 rings (SSSR count). The number of aryl methyl sites for hydroxylation is 2. The predicted molar refractivity (Wildman–Crippen MR) is 104 cm³/mol. The van der Waals surface area contributed by atoms with Crippen molar-refractivity contribution in [3.05, 3.63) is 74.2 Å². The molecule has 0 aliphatic carbocycles. The maximum Gasteiger partial charge on any atom is 0.281 e. The Kier molecular flexibility index (Phi) is 5.06. The molecule has 6 heteroatoms. The van der Waals surface area contributed by atoms with Crippen LogP contribution in [-0.4, -0.2) is 16.7 Å².